The van der Waals surface area contributed by atoms with E-state index in [4.69, 9.17) is 0 Å². The van der Waals surface area contributed by atoms with Crippen LogP contribution in [0.2, 0.25) is 0 Å². The SMILES string of the molecule is CCCN(CCC)C(=O)CSc1nc2ccccc2c(=O)n1-c1ccc(F)cc1. The molecule has 1 heterocycles. The first kappa shape index (κ1) is 21.0. The largest absolute Gasteiger partial charge is 0.342 e. The van der Waals surface area contributed by atoms with E-state index in [1.807, 2.05) is 24.8 Å². The molecule has 152 valence electrons. The smallest absolute Gasteiger partial charge is 0.266 e. The van der Waals surface area contributed by atoms with E-state index in [2.05, 4.69) is 4.98 Å². The van der Waals surface area contributed by atoms with Crippen LogP contribution in [0.3, 0.4) is 0 Å². The number of nitrogens with zero attached hydrogens (tertiary/aromatic N) is 3. The summed E-state index contributed by atoms with van der Waals surface area (Å²) in [5.74, 6) is -0.173. The van der Waals surface area contributed by atoms with Gasteiger partial charge < -0.3 is 4.90 Å². The molecule has 0 spiro atoms. The molecule has 1 amide bonds. The molecular formula is C22H24FN3O2S. The number of aromatic nitrogens is 2. The quantitative estimate of drug-likeness (QED) is 0.409. The lowest BCUT2D eigenvalue weighted by molar-refractivity contribution is -0.128. The third kappa shape index (κ3) is 4.85. The summed E-state index contributed by atoms with van der Waals surface area (Å²) in [5.41, 5.74) is 0.851. The standard InChI is InChI=1S/C22H24FN3O2S/c1-3-13-25(14-4-2)20(27)15-29-22-24-19-8-6-5-7-18(19)21(28)26(22)17-11-9-16(23)10-12-17/h5-12H,3-4,13-15H2,1-2H3. The van der Waals surface area contributed by atoms with Gasteiger partial charge in [0.25, 0.3) is 5.56 Å². The molecule has 3 rings (SSSR count). The van der Waals surface area contributed by atoms with E-state index < -0.39 is 0 Å². The van der Waals surface area contributed by atoms with Crippen molar-refractivity contribution < 1.29 is 9.18 Å². The van der Waals surface area contributed by atoms with E-state index in [0.717, 1.165) is 12.8 Å². The zero-order valence-electron chi connectivity index (χ0n) is 16.6. The van der Waals surface area contributed by atoms with Gasteiger partial charge >= 0.3 is 0 Å². The summed E-state index contributed by atoms with van der Waals surface area (Å²) in [7, 11) is 0. The number of carbonyl (C=O) groups is 1. The first-order chi connectivity index (χ1) is 14.0. The van der Waals surface area contributed by atoms with Crippen LogP contribution in [-0.4, -0.2) is 39.2 Å². The molecule has 0 N–H and O–H groups in total. The molecular weight excluding hydrogens is 389 g/mol. The van der Waals surface area contributed by atoms with Crippen LogP contribution in [0.25, 0.3) is 16.6 Å². The van der Waals surface area contributed by atoms with Gasteiger partial charge in [-0.1, -0.05) is 37.7 Å². The minimum absolute atomic E-state index is 0.0202. The molecule has 29 heavy (non-hydrogen) atoms. The van der Waals surface area contributed by atoms with Gasteiger partial charge in [0.05, 0.1) is 22.3 Å². The predicted octanol–water partition coefficient (Wildman–Crippen LogP) is 4.27. The summed E-state index contributed by atoms with van der Waals surface area (Å²) in [6.45, 7) is 5.51. The minimum Gasteiger partial charge on any atom is -0.342 e. The van der Waals surface area contributed by atoms with Crippen LogP contribution in [0.4, 0.5) is 4.39 Å². The highest BCUT2D eigenvalue weighted by Gasteiger charge is 2.17. The lowest BCUT2D eigenvalue weighted by Gasteiger charge is -2.21. The fraction of sp³-hybridized carbons (Fsp3) is 0.318. The molecule has 3 aromatic rings. The zero-order valence-corrected chi connectivity index (χ0v) is 17.4. The molecule has 2 aromatic carbocycles. The van der Waals surface area contributed by atoms with Crippen LogP contribution >= 0.6 is 11.8 Å². The molecule has 0 aliphatic carbocycles. The Kier molecular flexibility index (Phi) is 7.04. The van der Waals surface area contributed by atoms with Gasteiger partial charge in [0.15, 0.2) is 5.16 Å². The first-order valence-electron chi connectivity index (χ1n) is 9.73. The van der Waals surface area contributed by atoms with Crippen molar-refractivity contribution in [3.8, 4) is 5.69 Å². The maximum Gasteiger partial charge on any atom is 0.266 e. The summed E-state index contributed by atoms with van der Waals surface area (Å²) < 4.78 is 14.8. The molecule has 0 unspecified atom stereocenters. The van der Waals surface area contributed by atoms with Gasteiger partial charge in [-0.05, 0) is 49.2 Å². The Morgan fingerprint density at radius 2 is 1.72 bits per heavy atom. The van der Waals surface area contributed by atoms with Crippen LogP contribution < -0.4 is 5.56 Å². The van der Waals surface area contributed by atoms with Gasteiger partial charge in [0, 0.05) is 13.1 Å². The van der Waals surface area contributed by atoms with Crippen molar-refractivity contribution in [1.29, 1.82) is 0 Å². The number of para-hydroxylation sites is 1. The van der Waals surface area contributed by atoms with Gasteiger partial charge in [0.2, 0.25) is 5.91 Å². The van der Waals surface area contributed by atoms with Crippen molar-refractivity contribution in [3.05, 3.63) is 64.7 Å². The molecule has 0 saturated heterocycles. The molecule has 7 heteroatoms. The average Bonchev–Trinajstić information content (AvgIpc) is 2.73. The Balaban J connectivity index is 1.99. The number of hydrogen-bond acceptors (Lipinski definition) is 4. The van der Waals surface area contributed by atoms with Gasteiger partial charge in [-0.25, -0.2) is 9.37 Å². The Labute approximate surface area is 173 Å². The third-order valence-electron chi connectivity index (χ3n) is 4.49. The topological polar surface area (TPSA) is 55.2 Å². The highest BCUT2D eigenvalue weighted by Crippen LogP contribution is 2.22. The van der Waals surface area contributed by atoms with Gasteiger partial charge in [-0.15, -0.1) is 0 Å². The fourth-order valence-corrected chi connectivity index (χ4v) is 4.06. The number of amides is 1. The number of fused-ring (bicyclic) bond motifs is 1. The summed E-state index contributed by atoms with van der Waals surface area (Å²) in [5, 5.41) is 0.896. The van der Waals surface area contributed by atoms with Crippen LogP contribution in [-0.2, 0) is 4.79 Å². The lowest BCUT2D eigenvalue weighted by Crippen LogP contribution is -2.34. The highest BCUT2D eigenvalue weighted by atomic mass is 32.2. The number of thioether (sulfide) groups is 1. The fourth-order valence-electron chi connectivity index (χ4n) is 3.15. The van der Waals surface area contributed by atoms with Crippen molar-refractivity contribution in [3.63, 3.8) is 0 Å². The lowest BCUT2D eigenvalue weighted by atomic mass is 10.2. The molecule has 0 aliphatic rings. The molecule has 0 bridgehead atoms. The van der Waals surface area contributed by atoms with Crippen LogP contribution in [0.15, 0.2) is 58.5 Å². The van der Waals surface area contributed by atoms with E-state index in [0.29, 0.717) is 34.8 Å². The monoisotopic (exact) mass is 413 g/mol. The second-order valence-electron chi connectivity index (χ2n) is 6.70. The molecule has 0 radical (unpaired) electrons. The second kappa shape index (κ2) is 9.69. The number of benzene rings is 2. The predicted molar refractivity (Wildman–Crippen MR) is 115 cm³/mol. The summed E-state index contributed by atoms with van der Waals surface area (Å²) in [6.07, 6.45) is 1.79. The molecule has 1 aromatic heterocycles. The molecule has 5 nitrogen and oxygen atoms in total. The van der Waals surface area contributed by atoms with Crippen molar-refractivity contribution in [2.24, 2.45) is 0 Å². The molecule has 0 atom stereocenters. The maximum absolute atomic E-state index is 13.4. The van der Waals surface area contributed by atoms with Gasteiger partial charge in [-0.2, -0.15) is 0 Å². The van der Waals surface area contributed by atoms with E-state index in [1.165, 1.54) is 28.5 Å². The Morgan fingerprint density at radius 3 is 2.38 bits per heavy atom. The van der Waals surface area contributed by atoms with Crippen molar-refractivity contribution >= 4 is 28.6 Å². The van der Waals surface area contributed by atoms with E-state index in [9.17, 15) is 14.0 Å². The number of carbonyl (C=O) groups excluding carboxylic acids is 1. The van der Waals surface area contributed by atoms with E-state index in [1.54, 1.807) is 30.3 Å². The molecule has 0 aliphatic heterocycles. The maximum atomic E-state index is 13.4. The zero-order chi connectivity index (χ0) is 20.8. The highest BCUT2D eigenvalue weighted by molar-refractivity contribution is 7.99. The normalized spacial score (nSPS) is 11.0. The summed E-state index contributed by atoms with van der Waals surface area (Å²) in [4.78, 5) is 32.3. The van der Waals surface area contributed by atoms with Crippen molar-refractivity contribution in [2.45, 2.75) is 31.8 Å². The van der Waals surface area contributed by atoms with E-state index >= 15 is 0 Å². The number of hydrogen-bond donors (Lipinski definition) is 0. The third-order valence-corrected chi connectivity index (χ3v) is 5.42. The van der Waals surface area contributed by atoms with Crippen LogP contribution in [0, 0.1) is 5.82 Å². The van der Waals surface area contributed by atoms with Crippen molar-refractivity contribution in [2.75, 3.05) is 18.8 Å². The Bertz CT molecular complexity index is 1040. The summed E-state index contributed by atoms with van der Waals surface area (Å²) >= 11 is 1.23. The second-order valence-corrected chi connectivity index (χ2v) is 7.64. The van der Waals surface area contributed by atoms with E-state index in [-0.39, 0.29) is 23.0 Å². The van der Waals surface area contributed by atoms with Gasteiger partial charge in [-0.3, -0.25) is 14.2 Å². The van der Waals surface area contributed by atoms with Crippen molar-refractivity contribution in [1.82, 2.24) is 14.5 Å². The molecule has 0 fully saturated rings. The Hall–Kier alpha value is -2.67. The minimum atomic E-state index is -0.380. The first-order valence-corrected chi connectivity index (χ1v) is 10.7. The summed E-state index contributed by atoms with van der Waals surface area (Å²) in [6, 6.07) is 12.8. The molecule has 0 saturated carbocycles. The van der Waals surface area contributed by atoms with Crippen LogP contribution in [0.5, 0.6) is 0 Å². The Morgan fingerprint density at radius 1 is 1.07 bits per heavy atom. The average molecular weight is 414 g/mol. The van der Waals surface area contributed by atoms with Crippen LogP contribution in [0.1, 0.15) is 26.7 Å². The number of halogens is 1. The number of rotatable bonds is 8. The van der Waals surface area contributed by atoms with Gasteiger partial charge in [0.1, 0.15) is 5.82 Å².